The van der Waals surface area contributed by atoms with Crippen molar-refractivity contribution in [2.75, 3.05) is 32.0 Å². The van der Waals surface area contributed by atoms with Crippen LogP contribution in [0.1, 0.15) is 28.7 Å². The molecular formula is C24H24N4O2. The number of ether oxygens (including phenoxy) is 1. The SMILES string of the molecule is Nc1cncc(C2CNCCN2C(=O)OCC2c3ccccc3-c3ccccc32)c1. The summed E-state index contributed by atoms with van der Waals surface area (Å²) < 4.78 is 5.87. The highest BCUT2D eigenvalue weighted by Gasteiger charge is 2.32. The Morgan fingerprint density at radius 1 is 1.10 bits per heavy atom. The van der Waals surface area contributed by atoms with E-state index >= 15 is 0 Å². The number of aromatic nitrogens is 1. The number of hydrogen-bond donors (Lipinski definition) is 2. The number of hydrogen-bond acceptors (Lipinski definition) is 5. The average molecular weight is 400 g/mol. The van der Waals surface area contributed by atoms with Crippen LogP contribution in [0, 0.1) is 0 Å². The first-order valence-corrected chi connectivity index (χ1v) is 10.2. The lowest BCUT2D eigenvalue weighted by atomic mass is 9.98. The number of amides is 1. The van der Waals surface area contributed by atoms with Crippen molar-refractivity contribution in [1.82, 2.24) is 15.2 Å². The fourth-order valence-corrected chi connectivity index (χ4v) is 4.56. The second-order valence-electron chi connectivity index (χ2n) is 7.77. The van der Waals surface area contributed by atoms with E-state index in [-0.39, 0.29) is 18.1 Å². The highest BCUT2D eigenvalue weighted by Crippen LogP contribution is 2.44. The standard InChI is InChI=1S/C24H24N4O2/c25-17-11-16(12-27-13-17)23-14-26-9-10-28(23)24(29)30-15-22-20-7-3-1-5-18(20)19-6-2-4-8-21(19)22/h1-8,11-13,22-23,26H,9-10,14-15,25H2. The normalized spacial score (nSPS) is 18.0. The Kier molecular flexibility index (Phi) is 4.85. The molecule has 6 nitrogen and oxygen atoms in total. The fraction of sp³-hybridized carbons (Fsp3) is 0.250. The molecule has 0 bridgehead atoms. The van der Waals surface area contributed by atoms with Gasteiger partial charge in [0.1, 0.15) is 6.61 Å². The smallest absolute Gasteiger partial charge is 0.410 e. The molecule has 0 spiro atoms. The maximum atomic E-state index is 13.1. The zero-order valence-electron chi connectivity index (χ0n) is 16.6. The number of carbonyl (C=O) groups excluding carboxylic acids is 1. The molecule has 0 saturated carbocycles. The number of nitrogens with two attached hydrogens (primary N) is 1. The van der Waals surface area contributed by atoms with E-state index < -0.39 is 0 Å². The molecule has 0 radical (unpaired) electrons. The quantitative estimate of drug-likeness (QED) is 0.703. The molecule has 2 aliphatic rings. The van der Waals surface area contributed by atoms with E-state index in [4.69, 9.17) is 10.5 Å². The Bertz CT molecular complexity index is 1040. The van der Waals surface area contributed by atoms with Crippen LogP contribution in [0.2, 0.25) is 0 Å². The lowest BCUT2D eigenvalue weighted by molar-refractivity contribution is 0.0752. The predicted octanol–water partition coefficient (Wildman–Crippen LogP) is 3.56. The second-order valence-corrected chi connectivity index (χ2v) is 7.77. The number of fused-ring (bicyclic) bond motifs is 3. The fourth-order valence-electron chi connectivity index (χ4n) is 4.56. The average Bonchev–Trinajstić information content (AvgIpc) is 3.11. The summed E-state index contributed by atoms with van der Waals surface area (Å²) in [5, 5.41) is 3.34. The van der Waals surface area contributed by atoms with E-state index in [1.807, 2.05) is 18.2 Å². The van der Waals surface area contributed by atoms with Gasteiger partial charge in [0.2, 0.25) is 0 Å². The van der Waals surface area contributed by atoms with E-state index in [0.29, 0.717) is 25.4 Å². The molecule has 1 fully saturated rings. The zero-order valence-corrected chi connectivity index (χ0v) is 16.6. The molecule has 30 heavy (non-hydrogen) atoms. The number of benzene rings is 2. The van der Waals surface area contributed by atoms with Gasteiger partial charge in [-0.25, -0.2) is 4.79 Å². The lowest BCUT2D eigenvalue weighted by Gasteiger charge is -2.35. The number of nitrogens with zero attached hydrogens (tertiary/aromatic N) is 2. The molecule has 1 unspecified atom stereocenters. The van der Waals surface area contributed by atoms with Crippen molar-refractivity contribution in [3.8, 4) is 11.1 Å². The van der Waals surface area contributed by atoms with Crippen molar-refractivity contribution < 1.29 is 9.53 Å². The number of nitrogen functional groups attached to an aromatic ring is 1. The van der Waals surface area contributed by atoms with Crippen LogP contribution >= 0.6 is 0 Å². The Morgan fingerprint density at radius 2 is 1.80 bits per heavy atom. The zero-order chi connectivity index (χ0) is 20.5. The third kappa shape index (κ3) is 3.29. The summed E-state index contributed by atoms with van der Waals surface area (Å²) in [5.74, 6) is 0.0525. The first-order valence-electron chi connectivity index (χ1n) is 10.2. The van der Waals surface area contributed by atoms with Gasteiger partial charge in [0, 0.05) is 37.9 Å². The first-order chi connectivity index (χ1) is 14.7. The van der Waals surface area contributed by atoms with Crippen molar-refractivity contribution in [2.24, 2.45) is 0 Å². The highest BCUT2D eigenvalue weighted by molar-refractivity contribution is 5.79. The summed E-state index contributed by atoms with van der Waals surface area (Å²) in [4.78, 5) is 19.0. The number of pyridine rings is 1. The van der Waals surface area contributed by atoms with Gasteiger partial charge in [-0.3, -0.25) is 9.88 Å². The van der Waals surface area contributed by atoms with Gasteiger partial charge in [0.05, 0.1) is 11.7 Å². The van der Waals surface area contributed by atoms with Crippen LogP contribution in [0.25, 0.3) is 11.1 Å². The summed E-state index contributed by atoms with van der Waals surface area (Å²) >= 11 is 0. The van der Waals surface area contributed by atoms with Crippen molar-refractivity contribution in [3.63, 3.8) is 0 Å². The van der Waals surface area contributed by atoms with E-state index in [9.17, 15) is 4.79 Å². The summed E-state index contributed by atoms with van der Waals surface area (Å²) in [5.41, 5.74) is 12.3. The molecule has 2 aromatic carbocycles. The maximum Gasteiger partial charge on any atom is 0.410 e. The highest BCUT2D eigenvalue weighted by atomic mass is 16.6. The predicted molar refractivity (Wildman–Crippen MR) is 116 cm³/mol. The van der Waals surface area contributed by atoms with E-state index in [1.165, 1.54) is 22.3 Å². The third-order valence-electron chi connectivity index (χ3n) is 5.98. The molecule has 1 aliphatic heterocycles. The molecule has 1 saturated heterocycles. The monoisotopic (exact) mass is 400 g/mol. The molecule has 1 atom stereocenters. The van der Waals surface area contributed by atoms with Gasteiger partial charge in [-0.05, 0) is 33.9 Å². The number of anilines is 1. The Hall–Kier alpha value is -3.38. The Balaban J connectivity index is 1.35. The van der Waals surface area contributed by atoms with Crippen molar-refractivity contribution >= 4 is 11.8 Å². The minimum atomic E-state index is -0.300. The molecule has 5 rings (SSSR count). The van der Waals surface area contributed by atoms with Crippen molar-refractivity contribution in [3.05, 3.63) is 83.7 Å². The first kappa shape index (κ1) is 18.6. The summed E-state index contributed by atoms with van der Waals surface area (Å²) in [6.45, 7) is 2.28. The minimum Gasteiger partial charge on any atom is -0.448 e. The lowest BCUT2D eigenvalue weighted by Crippen LogP contribution is -2.49. The number of nitrogens with one attached hydrogen (secondary N) is 1. The summed E-state index contributed by atoms with van der Waals surface area (Å²) in [6.07, 6.45) is 3.07. The van der Waals surface area contributed by atoms with E-state index in [0.717, 1.165) is 12.1 Å². The van der Waals surface area contributed by atoms with Crippen LogP contribution in [0.3, 0.4) is 0 Å². The van der Waals surface area contributed by atoms with Crippen LogP contribution in [0.15, 0.2) is 67.0 Å². The van der Waals surface area contributed by atoms with Crippen LogP contribution in [-0.4, -0.2) is 42.2 Å². The van der Waals surface area contributed by atoms with Crippen LogP contribution in [-0.2, 0) is 4.74 Å². The molecule has 1 aromatic heterocycles. The van der Waals surface area contributed by atoms with Crippen molar-refractivity contribution in [2.45, 2.75) is 12.0 Å². The number of piperazine rings is 1. The van der Waals surface area contributed by atoms with Gasteiger partial charge in [-0.1, -0.05) is 48.5 Å². The summed E-state index contributed by atoms with van der Waals surface area (Å²) in [6, 6.07) is 18.4. The van der Waals surface area contributed by atoms with Crippen LogP contribution < -0.4 is 11.1 Å². The van der Waals surface area contributed by atoms with Gasteiger partial charge >= 0.3 is 6.09 Å². The number of rotatable bonds is 3. The Labute approximate surface area is 175 Å². The Morgan fingerprint density at radius 3 is 2.50 bits per heavy atom. The van der Waals surface area contributed by atoms with Crippen molar-refractivity contribution in [1.29, 1.82) is 0 Å². The molecule has 3 aromatic rings. The van der Waals surface area contributed by atoms with Gasteiger partial charge < -0.3 is 15.8 Å². The van der Waals surface area contributed by atoms with Gasteiger partial charge in [0.15, 0.2) is 0 Å². The second kappa shape index (κ2) is 7.80. The number of carbonyl (C=O) groups is 1. The van der Waals surface area contributed by atoms with E-state index in [1.54, 1.807) is 17.3 Å². The summed E-state index contributed by atoms with van der Waals surface area (Å²) in [7, 11) is 0. The van der Waals surface area contributed by atoms with Crippen LogP contribution in [0.5, 0.6) is 0 Å². The minimum absolute atomic E-state index is 0.0525. The topological polar surface area (TPSA) is 80.5 Å². The third-order valence-corrected chi connectivity index (χ3v) is 5.98. The molecule has 152 valence electrons. The van der Waals surface area contributed by atoms with Gasteiger partial charge in [-0.2, -0.15) is 0 Å². The molecule has 1 amide bonds. The van der Waals surface area contributed by atoms with Crippen LogP contribution in [0.4, 0.5) is 10.5 Å². The maximum absolute atomic E-state index is 13.1. The van der Waals surface area contributed by atoms with Gasteiger partial charge in [-0.15, -0.1) is 0 Å². The van der Waals surface area contributed by atoms with E-state index in [2.05, 4.69) is 46.7 Å². The molecule has 2 heterocycles. The molecular weight excluding hydrogens is 376 g/mol. The molecule has 1 aliphatic carbocycles. The molecule has 6 heteroatoms. The molecule has 3 N–H and O–H groups in total. The largest absolute Gasteiger partial charge is 0.448 e. The van der Waals surface area contributed by atoms with Gasteiger partial charge in [0.25, 0.3) is 0 Å².